The number of carbonyl (C=O) groups is 2. The molecule has 1 heterocycles. The van der Waals surface area contributed by atoms with E-state index in [1.54, 1.807) is 18.2 Å². The number of carbonyl (C=O) groups excluding carboxylic acids is 2. The maximum Gasteiger partial charge on any atom is 0.247 e. The average Bonchev–Trinajstić information content (AvgIpc) is 2.84. The number of rotatable bonds is 6. The van der Waals surface area contributed by atoms with Gasteiger partial charge in [0.15, 0.2) is 0 Å². The van der Waals surface area contributed by atoms with Gasteiger partial charge in [-0.1, -0.05) is 48.5 Å². The molecule has 0 radical (unpaired) electrons. The van der Waals surface area contributed by atoms with Crippen LogP contribution in [-0.4, -0.2) is 43.2 Å². The molecule has 1 unspecified atom stereocenters. The van der Waals surface area contributed by atoms with E-state index in [1.165, 1.54) is 48.2 Å². The normalized spacial score (nSPS) is 19.1. The largest absolute Gasteiger partial charge is 0.350 e. The van der Waals surface area contributed by atoms with E-state index in [0.717, 1.165) is 9.87 Å². The van der Waals surface area contributed by atoms with E-state index >= 15 is 0 Å². The number of nitrogens with zero attached hydrogens (tertiary/aromatic N) is 2. The summed E-state index contributed by atoms with van der Waals surface area (Å²) < 4.78 is 41.1. The highest BCUT2D eigenvalue weighted by Crippen LogP contribution is 2.32. The van der Waals surface area contributed by atoms with Crippen molar-refractivity contribution in [2.75, 3.05) is 18.0 Å². The van der Waals surface area contributed by atoms with Gasteiger partial charge in [0.1, 0.15) is 11.4 Å². The molecule has 1 N–H and O–H groups in total. The molecule has 1 saturated heterocycles. The van der Waals surface area contributed by atoms with Crippen molar-refractivity contribution in [1.29, 1.82) is 0 Å². The van der Waals surface area contributed by atoms with E-state index < -0.39 is 39.7 Å². The minimum absolute atomic E-state index is 0.0325. The number of halogens is 1. The van der Waals surface area contributed by atoms with Crippen LogP contribution in [-0.2, 0) is 26.2 Å². The van der Waals surface area contributed by atoms with Crippen molar-refractivity contribution in [1.82, 2.24) is 9.62 Å². The third kappa shape index (κ3) is 4.57. The second kappa shape index (κ2) is 9.36. The summed E-state index contributed by atoms with van der Waals surface area (Å²) in [5, 5.41) is 2.82. The molecule has 1 aliphatic rings. The Balaban J connectivity index is 1.70. The van der Waals surface area contributed by atoms with E-state index in [-0.39, 0.29) is 18.0 Å². The first-order chi connectivity index (χ1) is 16.2. The SMILES string of the molecule is CC1(C(=O)NCc2ccccc2)CN(S(=O)(=O)c2ccccc2)CC(=O)N1c1ccc(F)cc1. The smallest absolute Gasteiger partial charge is 0.247 e. The van der Waals surface area contributed by atoms with Crippen molar-refractivity contribution in [2.24, 2.45) is 0 Å². The zero-order valence-corrected chi connectivity index (χ0v) is 19.3. The third-order valence-electron chi connectivity index (χ3n) is 5.79. The van der Waals surface area contributed by atoms with Crippen LogP contribution in [0.25, 0.3) is 0 Å². The van der Waals surface area contributed by atoms with Gasteiger partial charge in [0, 0.05) is 18.8 Å². The summed E-state index contributed by atoms with van der Waals surface area (Å²) in [6.45, 7) is 0.998. The molecule has 176 valence electrons. The van der Waals surface area contributed by atoms with Gasteiger partial charge in [-0.25, -0.2) is 12.8 Å². The Labute approximate surface area is 197 Å². The first-order valence-corrected chi connectivity index (χ1v) is 12.1. The molecule has 3 aromatic carbocycles. The lowest BCUT2D eigenvalue weighted by atomic mass is 9.94. The molecular formula is C25H24FN3O4S. The summed E-state index contributed by atoms with van der Waals surface area (Å²) in [5.41, 5.74) is -0.423. The zero-order chi connectivity index (χ0) is 24.3. The van der Waals surface area contributed by atoms with Crippen molar-refractivity contribution in [3.05, 3.63) is 96.3 Å². The lowest BCUT2D eigenvalue weighted by Crippen LogP contribution is -2.70. The molecule has 0 saturated carbocycles. The second-order valence-electron chi connectivity index (χ2n) is 8.23. The molecule has 1 aliphatic heterocycles. The Kier molecular flexibility index (Phi) is 6.49. The molecular weight excluding hydrogens is 457 g/mol. The molecule has 0 aliphatic carbocycles. The van der Waals surface area contributed by atoms with Crippen molar-refractivity contribution in [3.8, 4) is 0 Å². The molecule has 7 nitrogen and oxygen atoms in total. The first kappa shape index (κ1) is 23.6. The van der Waals surface area contributed by atoms with Crippen LogP contribution in [0.15, 0.2) is 89.8 Å². The molecule has 9 heteroatoms. The fraction of sp³-hybridized carbons (Fsp3) is 0.200. The highest BCUT2D eigenvalue weighted by Gasteiger charge is 2.51. The summed E-state index contributed by atoms with van der Waals surface area (Å²) in [6, 6.07) is 22.2. The fourth-order valence-electron chi connectivity index (χ4n) is 4.04. The van der Waals surface area contributed by atoms with Gasteiger partial charge in [-0.15, -0.1) is 0 Å². The van der Waals surface area contributed by atoms with Gasteiger partial charge >= 0.3 is 0 Å². The minimum Gasteiger partial charge on any atom is -0.350 e. The van der Waals surface area contributed by atoms with Gasteiger partial charge in [0.25, 0.3) is 0 Å². The van der Waals surface area contributed by atoms with Crippen LogP contribution in [0.1, 0.15) is 12.5 Å². The molecule has 0 aromatic heterocycles. The molecule has 34 heavy (non-hydrogen) atoms. The van der Waals surface area contributed by atoms with Crippen LogP contribution in [0.4, 0.5) is 10.1 Å². The van der Waals surface area contributed by atoms with Gasteiger partial charge in [-0.3, -0.25) is 14.5 Å². The number of piperazine rings is 1. The van der Waals surface area contributed by atoms with E-state index in [9.17, 15) is 22.4 Å². The summed E-state index contributed by atoms with van der Waals surface area (Å²) >= 11 is 0. The van der Waals surface area contributed by atoms with Gasteiger partial charge in [0.2, 0.25) is 21.8 Å². The number of benzene rings is 3. The minimum atomic E-state index is -4.03. The topological polar surface area (TPSA) is 86.8 Å². The maximum absolute atomic E-state index is 13.5. The molecule has 0 bridgehead atoms. The van der Waals surface area contributed by atoms with Crippen LogP contribution in [0.2, 0.25) is 0 Å². The van der Waals surface area contributed by atoms with Crippen LogP contribution in [0, 0.1) is 5.82 Å². The molecule has 1 atom stereocenters. The highest BCUT2D eigenvalue weighted by atomic mass is 32.2. The summed E-state index contributed by atoms with van der Waals surface area (Å²) in [4.78, 5) is 28.1. The van der Waals surface area contributed by atoms with E-state index in [2.05, 4.69) is 5.32 Å². The van der Waals surface area contributed by atoms with Crippen LogP contribution < -0.4 is 10.2 Å². The van der Waals surface area contributed by atoms with E-state index in [0.29, 0.717) is 5.69 Å². The molecule has 2 amide bonds. The molecule has 1 fully saturated rings. The Morgan fingerprint density at radius 3 is 2.18 bits per heavy atom. The van der Waals surface area contributed by atoms with E-state index in [1.807, 2.05) is 30.3 Å². The Hall–Kier alpha value is -3.56. The monoisotopic (exact) mass is 481 g/mol. The number of amides is 2. The van der Waals surface area contributed by atoms with Crippen molar-refractivity contribution < 1.29 is 22.4 Å². The maximum atomic E-state index is 13.5. The predicted molar refractivity (Wildman–Crippen MR) is 126 cm³/mol. The quantitative estimate of drug-likeness (QED) is 0.587. The lowest BCUT2D eigenvalue weighted by Gasteiger charge is -2.46. The van der Waals surface area contributed by atoms with Gasteiger partial charge in [-0.05, 0) is 48.9 Å². The Morgan fingerprint density at radius 2 is 1.56 bits per heavy atom. The molecule has 4 rings (SSSR count). The van der Waals surface area contributed by atoms with Crippen LogP contribution >= 0.6 is 0 Å². The average molecular weight is 482 g/mol. The zero-order valence-electron chi connectivity index (χ0n) is 18.5. The second-order valence-corrected chi connectivity index (χ2v) is 10.2. The van der Waals surface area contributed by atoms with Gasteiger partial charge < -0.3 is 5.32 Å². The number of nitrogens with one attached hydrogen (secondary N) is 1. The Morgan fingerprint density at radius 1 is 0.971 bits per heavy atom. The van der Waals surface area contributed by atoms with Crippen LogP contribution in [0.3, 0.4) is 0 Å². The third-order valence-corrected chi connectivity index (χ3v) is 7.60. The van der Waals surface area contributed by atoms with Crippen molar-refractivity contribution >= 4 is 27.5 Å². The molecule has 0 spiro atoms. The number of hydrogen-bond donors (Lipinski definition) is 1. The van der Waals surface area contributed by atoms with Gasteiger partial charge in [0.05, 0.1) is 11.4 Å². The van der Waals surface area contributed by atoms with Crippen molar-refractivity contribution in [3.63, 3.8) is 0 Å². The first-order valence-electron chi connectivity index (χ1n) is 10.7. The fourth-order valence-corrected chi connectivity index (χ4v) is 5.54. The number of anilines is 1. The number of hydrogen-bond acceptors (Lipinski definition) is 4. The summed E-state index contributed by atoms with van der Waals surface area (Å²) in [5.74, 6) is -1.60. The highest BCUT2D eigenvalue weighted by molar-refractivity contribution is 7.89. The van der Waals surface area contributed by atoms with Gasteiger partial charge in [-0.2, -0.15) is 4.31 Å². The summed E-state index contributed by atoms with van der Waals surface area (Å²) in [7, 11) is -4.03. The van der Waals surface area contributed by atoms with E-state index in [4.69, 9.17) is 0 Å². The number of sulfonamides is 1. The predicted octanol–water partition coefficient (Wildman–Crippen LogP) is 2.94. The summed E-state index contributed by atoms with van der Waals surface area (Å²) in [6.07, 6.45) is 0. The lowest BCUT2D eigenvalue weighted by molar-refractivity contribution is -0.133. The standard InChI is InChI=1S/C25H24FN3O4S/c1-25(24(31)27-16-19-8-4-2-5-9-19)18-28(34(32,33)22-10-6-3-7-11-22)17-23(30)29(25)21-14-12-20(26)13-15-21/h2-15H,16-18H2,1H3,(H,27,31). The Bertz CT molecular complexity index is 1280. The molecule has 3 aromatic rings. The van der Waals surface area contributed by atoms with Crippen molar-refractivity contribution in [2.45, 2.75) is 23.9 Å². The van der Waals surface area contributed by atoms with Crippen LogP contribution in [0.5, 0.6) is 0 Å².